The molecular weight excluding hydrogens is 372 g/mol. The molecule has 0 bridgehead atoms. The number of nitrogens with zero attached hydrogens (tertiary/aromatic N) is 1. The van der Waals surface area contributed by atoms with E-state index >= 15 is 0 Å². The highest BCUT2D eigenvalue weighted by atomic mass is 19.1. The van der Waals surface area contributed by atoms with Crippen molar-refractivity contribution in [2.45, 2.75) is 44.1 Å². The second-order valence-electron chi connectivity index (χ2n) is 7.55. The lowest BCUT2D eigenvalue weighted by Crippen LogP contribution is -2.53. The summed E-state index contributed by atoms with van der Waals surface area (Å²) in [7, 11) is 0. The fourth-order valence-electron chi connectivity index (χ4n) is 3.87. The van der Waals surface area contributed by atoms with E-state index in [9.17, 15) is 23.8 Å². The number of amides is 2. The van der Waals surface area contributed by atoms with Crippen molar-refractivity contribution in [2.75, 3.05) is 31.6 Å². The van der Waals surface area contributed by atoms with Crippen LogP contribution in [0, 0.1) is 17.6 Å². The third-order valence-electron chi connectivity index (χ3n) is 5.52. The van der Waals surface area contributed by atoms with E-state index in [2.05, 4.69) is 22.5 Å². The molecule has 1 aromatic carbocycles. The molecule has 2 amide bonds. The molecule has 3 rings (SSSR count). The first-order valence-corrected chi connectivity index (χ1v) is 9.57. The number of nitrogens with one attached hydrogen (secondary N) is 2. The lowest BCUT2D eigenvalue weighted by atomic mass is 9.94. The summed E-state index contributed by atoms with van der Waals surface area (Å²) in [6.07, 6.45) is -0.0597. The number of benzene rings is 1. The second-order valence-corrected chi connectivity index (χ2v) is 7.55. The molecule has 156 valence electrons. The number of ether oxygens (including phenoxy) is 1. The maximum Gasteiger partial charge on any atom is 0.319 e. The smallest absolute Gasteiger partial charge is 0.319 e. The number of likely N-dealkylation sites (tertiary alicyclic amines) is 1. The fourth-order valence-corrected chi connectivity index (χ4v) is 3.87. The molecule has 4 atom stereocenters. The van der Waals surface area contributed by atoms with Crippen LogP contribution in [0.4, 0.5) is 19.3 Å². The number of carbonyl (C=O) groups is 1. The normalized spacial score (nSPS) is 29.0. The van der Waals surface area contributed by atoms with Crippen LogP contribution in [-0.4, -0.2) is 71.7 Å². The molecule has 0 aromatic heterocycles. The molecule has 0 spiro atoms. The molecule has 4 unspecified atom stereocenters. The minimum Gasteiger partial charge on any atom is -0.394 e. The van der Waals surface area contributed by atoms with Gasteiger partial charge in [-0.1, -0.05) is 6.92 Å². The molecule has 2 fully saturated rings. The number of piperidine rings is 1. The van der Waals surface area contributed by atoms with Crippen LogP contribution in [0.15, 0.2) is 18.2 Å². The van der Waals surface area contributed by atoms with Gasteiger partial charge in [-0.3, -0.25) is 4.90 Å². The quantitative estimate of drug-likeness (QED) is 0.599. The monoisotopic (exact) mass is 399 g/mol. The Morgan fingerprint density at radius 1 is 1.29 bits per heavy atom. The third kappa shape index (κ3) is 4.78. The first-order valence-electron chi connectivity index (χ1n) is 9.57. The Bertz CT molecular complexity index is 685. The number of halogens is 2. The highest BCUT2D eigenvalue weighted by Gasteiger charge is 2.46. The summed E-state index contributed by atoms with van der Waals surface area (Å²) in [5.41, 5.74) is -0.138. The Hall–Kier alpha value is -1.81. The Morgan fingerprint density at radius 3 is 2.64 bits per heavy atom. The molecule has 0 saturated carbocycles. The van der Waals surface area contributed by atoms with Gasteiger partial charge in [0, 0.05) is 12.6 Å². The highest BCUT2D eigenvalue weighted by molar-refractivity contribution is 5.89. The van der Waals surface area contributed by atoms with Crippen molar-refractivity contribution in [1.82, 2.24) is 10.2 Å². The van der Waals surface area contributed by atoms with E-state index in [1.165, 1.54) is 0 Å². The lowest BCUT2D eigenvalue weighted by Gasteiger charge is -2.38. The molecule has 0 aliphatic carbocycles. The van der Waals surface area contributed by atoms with Crippen molar-refractivity contribution in [3.05, 3.63) is 29.8 Å². The van der Waals surface area contributed by atoms with Crippen molar-refractivity contribution < 1.29 is 28.5 Å². The summed E-state index contributed by atoms with van der Waals surface area (Å²) in [6, 6.07) is 1.87. The minimum atomic E-state index is -0.872. The molecule has 0 radical (unpaired) electrons. The molecule has 2 aliphatic heterocycles. The Kier molecular flexibility index (Phi) is 6.82. The molecule has 2 saturated heterocycles. The van der Waals surface area contributed by atoms with Gasteiger partial charge in [-0.25, -0.2) is 13.6 Å². The van der Waals surface area contributed by atoms with E-state index in [-0.39, 0.29) is 24.9 Å². The summed E-state index contributed by atoms with van der Waals surface area (Å²) in [5, 5.41) is 25.0. The van der Waals surface area contributed by atoms with Crippen LogP contribution in [0.2, 0.25) is 0 Å². The van der Waals surface area contributed by atoms with Gasteiger partial charge in [-0.05, 0) is 44.0 Å². The van der Waals surface area contributed by atoms with Crippen molar-refractivity contribution in [3.63, 3.8) is 0 Å². The molecular formula is C19H27F2N3O4. The molecule has 2 heterocycles. The van der Waals surface area contributed by atoms with Crippen molar-refractivity contribution >= 4 is 11.7 Å². The average Bonchev–Trinajstić information content (AvgIpc) is 2.99. The van der Waals surface area contributed by atoms with Gasteiger partial charge in [0.25, 0.3) is 0 Å². The number of rotatable bonds is 5. The SMILES string of the molecule is CC1CCN(C2C(CNC(=O)Nc3ccc(F)cc3F)OC(CO)C2O)CC1. The first-order chi connectivity index (χ1) is 13.4. The van der Waals surface area contributed by atoms with Crippen molar-refractivity contribution in [2.24, 2.45) is 5.92 Å². The standard InChI is InChI=1S/C19H27F2N3O4/c1-11-4-6-24(7-5-11)17-15(28-16(10-25)18(17)26)9-22-19(27)23-14-3-2-12(20)8-13(14)21/h2-3,8,11,15-18,25-26H,4-7,9-10H2,1H3,(H2,22,23,27). The lowest BCUT2D eigenvalue weighted by molar-refractivity contribution is -0.0205. The van der Waals surface area contributed by atoms with Crippen LogP contribution >= 0.6 is 0 Å². The summed E-state index contributed by atoms with van der Waals surface area (Å²) >= 11 is 0. The minimum absolute atomic E-state index is 0.0823. The zero-order valence-electron chi connectivity index (χ0n) is 15.8. The number of aliphatic hydroxyl groups excluding tert-OH is 2. The number of carbonyl (C=O) groups excluding carboxylic acids is 1. The van der Waals surface area contributed by atoms with E-state index in [1.54, 1.807) is 0 Å². The van der Waals surface area contributed by atoms with Gasteiger partial charge in [0.05, 0.1) is 24.4 Å². The summed E-state index contributed by atoms with van der Waals surface area (Å²) in [6.45, 7) is 3.58. The molecule has 7 nitrogen and oxygen atoms in total. The summed E-state index contributed by atoms with van der Waals surface area (Å²) in [4.78, 5) is 14.2. The zero-order chi connectivity index (χ0) is 20.3. The first kappa shape index (κ1) is 20.9. The van der Waals surface area contributed by atoms with Gasteiger partial charge >= 0.3 is 6.03 Å². The maximum absolute atomic E-state index is 13.7. The van der Waals surface area contributed by atoms with Gasteiger partial charge in [0.2, 0.25) is 0 Å². The predicted molar refractivity (Wildman–Crippen MR) is 98.9 cm³/mol. The van der Waals surface area contributed by atoms with Crippen LogP contribution in [0.25, 0.3) is 0 Å². The van der Waals surface area contributed by atoms with E-state index < -0.39 is 36.0 Å². The van der Waals surface area contributed by atoms with E-state index in [4.69, 9.17) is 4.74 Å². The maximum atomic E-state index is 13.7. The van der Waals surface area contributed by atoms with Gasteiger partial charge in [-0.15, -0.1) is 0 Å². The van der Waals surface area contributed by atoms with Gasteiger partial charge in [0.1, 0.15) is 23.8 Å². The average molecular weight is 399 g/mol. The highest BCUT2D eigenvalue weighted by Crippen LogP contribution is 2.29. The van der Waals surface area contributed by atoms with Gasteiger partial charge in [-0.2, -0.15) is 0 Å². The van der Waals surface area contributed by atoms with Gasteiger partial charge < -0.3 is 25.6 Å². The van der Waals surface area contributed by atoms with Crippen molar-refractivity contribution in [3.8, 4) is 0 Å². The van der Waals surface area contributed by atoms with Crippen LogP contribution in [0.1, 0.15) is 19.8 Å². The topological polar surface area (TPSA) is 94.1 Å². The summed E-state index contributed by atoms with van der Waals surface area (Å²) < 4.78 is 32.4. The largest absolute Gasteiger partial charge is 0.394 e. The summed E-state index contributed by atoms with van der Waals surface area (Å²) in [5.74, 6) is -0.980. The van der Waals surface area contributed by atoms with Crippen molar-refractivity contribution in [1.29, 1.82) is 0 Å². The zero-order valence-corrected chi connectivity index (χ0v) is 15.8. The number of hydrogen-bond donors (Lipinski definition) is 4. The predicted octanol–water partition coefficient (Wildman–Crippen LogP) is 1.31. The molecule has 9 heteroatoms. The van der Waals surface area contributed by atoms with E-state index in [0.717, 1.165) is 38.1 Å². The van der Waals surface area contributed by atoms with E-state index in [1.807, 2.05) is 0 Å². The van der Waals surface area contributed by atoms with E-state index in [0.29, 0.717) is 12.0 Å². The molecule has 4 N–H and O–H groups in total. The second kappa shape index (κ2) is 9.13. The number of urea groups is 1. The van der Waals surface area contributed by atoms with Crippen LogP contribution in [0.3, 0.4) is 0 Å². The molecule has 2 aliphatic rings. The van der Waals surface area contributed by atoms with Crippen LogP contribution in [0.5, 0.6) is 0 Å². The number of hydrogen-bond acceptors (Lipinski definition) is 5. The fraction of sp³-hybridized carbons (Fsp3) is 0.632. The van der Waals surface area contributed by atoms with Crippen LogP contribution in [-0.2, 0) is 4.74 Å². The third-order valence-corrected chi connectivity index (χ3v) is 5.52. The van der Waals surface area contributed by atoms with Gasteiger partial charge in [0.15, 0.2) is 0 Å². The Morgan fingerprint density at radius 2 is 2.00 bits per heavy atom. The molecule has 1 aromatic rings. The van der Waals surface area contributed by atoms with Crippen LogP contribution < -0.4 is 10.6 Å². The molecule has 28 heavy (non-hydrogen) atoms. The Labute approximate surface area is 162 Å². The number of anilines is 1. The Balaban J connectivity index is 1.59. The number of aliphatic hydroxyl groups is 2.